The van der Waals surface area contributed by atoms with Crippen molar-refractivity contribution in [2.45, 2.75) is 19.4 Å². The van der Waals surface area contributed by atoms with Crippen LogP contribution in [0.4, 0.5) is 0 Å². The molecule has 6 nitrogen and oxygen atoms in total. The van der Waals surface area contributed by atoms with Crippen LogP contribution < -0.4 is 10.1 Å². The fraction of sp³-hybridized carbons (Fsp3) is 0.316. The minimum absolute atomic E-state index is 0.0634. The molecule has 0 unspecified atom stereocenters. The lowest BCUT2D eigenvalue weighted by Gasteiger charge is -2.21. The van der Waals surface area contributed by atoms with Crippen LogP contribution in [0.15, 0.2) is 42.9 Å². The maximum Gasteiger partial charge on any atom is 0.220 e. The maximum absolute atomic E-state index is 11.5. The molecule has 128 valence electrons. The molecule has 0 saturated carbocycles. The summed E-state index contributed by atoms with van der Waals surface area (Å²) in [5.41, 5.74) is 2.92. The Labute approximate surface area is 145 Å². The lowest BCUT2D eigenvalue weighted by molar-refractivity contribution is -0.119. The fourth-order valence-corrected chi connectivity index (χ4v) is 3.24. The highest BCUT2D eigenvalue weighted by atomic mass is 16.5. The number of carbonyl (C=O) groups excluding carboxylic acids is 1. The number of ether oxygens (including phenoxy) is 1. The highest BCUT2D eigenvalue weighted by Gasteiger charge is 2.28. The second-order valence-corrected chi connectivity index (χ2v) is 6.54. The predicted molar refractivity (Wildman–Crippen MR) is 95.2 cm³/mol. The van der Waals surface area contributed by atoms with Gasteiger partial charge in [-0.3, -0.25) is 14.5 Å². The van der Waals surface area contributed by atoms with Crippen LogP contribution >= 0.6 is 0 Å². The van der Waals surface area contributed by atoms with Crippen LogP contribution in [0.2, 0.25) is 0 Å². The number of aromatic nitrogens is 3. The Bertz CT molecular complexity index is 934. The molecule has 1 saturated heterocycles. The van der Waals surface area contributed by atoms with Gasteiger partial charge in [-0.15, -0.1) is 0 Å². The second-order valence-electron chi connectivity index (χ2n) is 6.54. The molecule has 1 aliphatic heterocycles. The Hall–Kier alpha value is -2.89. The van der Waals surface area contributed by atoms with Crippen LogP contribution in [0.3, 0.4) is 0 Å². The number of fused-ring (bicyclic) bond motifs is 1. The Morgan fingerprint density at radius 1 is 1.36 bits per heavy atom. The summed E-state index contributed by atoms with van der Waals surface area (Å²) >= 11 is 0. The molecule has 1 N–H and O–H groups in total. The zero-order chi connectivity index (χ0) is 17.4. The highest BCUT2D eigenvalue weighted by molar-refractivity contribution is 5.90. The molecule has 4 rings (SSSR count). The number of amides is 1. The van der Waals surface area contributed by atoms with Gasteiger partial charge in [0.05, 0.1) is 11.7 Å². The van der Waals surface area contributed by atoms with Crippen LogP contribution in [-0.2, 0) is 11.8 Å². The van der Waals surface area contributed by atoms with Gasteiger partial charge in [-0.2, -0.15) is 5.10 Å². The van der Waals surface area contributed by atoms with Gasteiger partial charge in [0.1, 0.15) is 11.9 Å². The van der Waals surface area contributed by atoms with Crippen molar-refractivity contribution in [3.05, 3.63) is 42.9 Å². The molecule has 25 heavy (non-hydrogen) atoms. The molecular formula is C19H20N4O2. The van der Waals surface area contributed by atoms with Gasteiger partial charge in [0.25, 0.3) is 0 Å². The van der Waals surface area contributed by atoms with Crippen molar-refractivity contribution in [3.63, 3.8) is 0 Å². The van der Waals surface area contributed by atoms with E-state index >= 15 is 0 Å². The zero-order valence-corrected chi connectivity index (χ0v) is 14.3. The summed E-state index contributed by atoms with van der Waals surface area (Å²) in [6.07, 6.45) is 6.03. The molecule has 0 aliphatic carbocycles. The normalized spacial score (nSPS) is 18.3. The van der Waals surface area contributed by atoms with E-state index in [1.165, 1.54) is 0 Å². The topological polar surface area (TPSA) is 69.0 Å². The number of carbonyl (C=O) groups is 1. The summed E-state index contributed by atoms with van der Waals surface area (Å²) in [6, 6.07) is 7.99. The van der Waals surface area contributed by atoms with Gasteiger partial charge >= 0.3 is 0 Å². The van der Waals surface area contributed by atoms with E-state index < -0.39 is 0 Å². The van der Waals surface area contributed by atoms with Gasteiger partial charge in [0.2, 0.25) is 5.91 Å². The molecule has 0 radical (unpaired) electrons. The first-order valence-corrected chi connectivity index (χ1v) is 8.41. The molecule has 1 aromatic carbocycles. The van der Waals surface area contributed by atoms with E-state index in [2.05, 4.69) is 15.4 Å². The van der Waals surface area contributed by atoms with E-state index in [0.29, 0.717) is 13.0 Å². The summed E-state index contributed by atoms with van der Waals surface area (Å²) in [5, 5.41) is 8.09. The molecule has 1 aliphatic rings. The second kappa shape index (κ2) is 6.20. The molecule has 3 heterocycles. The Balaban J connectivity index is 1.72. The predicted octanol–water partition coefficient (Wildman–Crippen LogP) is 2.54. The van der Waals surface area contributed by atoms with Crippen molar-refractivity contribution in [2.75, 3.05) is 6.54 Å². The number of rotatable bonds is 4. The molecule has 6 heteroatoms. The van der Waals surface area contributed by atoms with E-state index in [9.17, 15) is 4.79 Å². The molecule has 1 fully saturated rings. The van der Waals surface area contributed by atoms with E-state index in [1.807, 2.05) is 50.6 Å². The summed E-state index contributed by atoms with van der Waals surface area (Å²) < 4.78 is 8.04. The third-order valence-corrected chi connectivity index (χ3v) is 4.71. The van der Waals surface area contributed by atoms with E-state index in [4.69, 9.17) is 4.74 Å². The van der Waals surface area contributed by atoms with Crippen LogP contribution in [0.5, 0.6) is 5.75 Å². The monoisotopic (exact) mass is 336 g/mol. The van der Waals surface area contributed by atoms with Gasteiger partial charge < -0.3 is 10.1 Å². The molecule has 1 amide bonds. The Morgan fingerprint density at radius 3 is 2.96 bits per heavy atom. The minimum Gasteiger partial charge on any atom is -0.490 e. The molecule has 3 aromatic rings. The lowest BCUT2D eigenvalue weighted by Crippen LogP contribution is -2.25. The summed E-state index contributed by atoms with van der Waals surface area (Å²) in [6.45, 7) is 2.68. The van der Waals surface area contributed by atoms with E-state index in [-0.39, 0.29) is 17.9 Å². The first-order valence-electron chi connectivity index (χ1n) is 8.41. The highest BCUT2D eigenvalue weighted by Crippen LogP contribution is 2.33. The van der Waals surface area contributed by atoms with Gasteiger partial charge in [-0.05, 0) is 36.8 Å². The summed E-state index contributed by atoms with van der Waals surface area (Å²) in [4.78, 5) is 16.0. The van der Waals surface area contributed by atoms with E-state index in [0.717, 1.165) is 27.8 Å². The molecule has 2 atom stereocenters. The number of hydrogen-bond donors (Lipinski definition) is 1. The van der Waals surface area contributed by atoms with Crippen molar-refractivity contribution >= 4 is 16.8 Å². The fourth-order valence-electron chi connectivity index (χ4n) is 3.24. The first-order chi connectivity index (χ1) is 12.1. The van der Waals surface area contributed by atoms with Gasteiger partial charge in [-0.25, -0.2) is 0 Å². The number of hydrogen-bond acceptors (Lipinski definition) is 4. The molecule has 2 aromatic heterocycles. The number of benzene rings is 1. The minimum atomic E-state index is -0.0634. The zero-order valence-electron chi connectivity index (χ0n) is 14.3. The lowest BCUT2D eigenvalue weighted by atomic mass is 10.0. The van der Waals surface area contributed by atoms with Gasteiger partial charge in [0.15, 0.2) is 0 Å². The van der Waals surface area contributed by atoms with Gasteiger partial charge in [0, 0.05) is 49.3 Å². The van der Waals surface area contributed by atoms with Crippen LogP contribution in [0.1, 0.15) is 13.3 Å². The smallest absolute Gasteiger partial charge is 0.220 e. The van der Waals surface area contributed by atoms with Gasteiger partial charge in [-0.1, -0.05) is 0 Å². The molecule has 0 bridgehead atoms. The van der Waals surface area contributed by atoms with E-state index in [1.54, 1.807) is 10.9 Å². The molecule has 0 spiro atoms. The SMILES string of the molecule is C[C@@H](Oc1cc(-c2cnn(C)c2)cc2ncccc12)[C@@H]1CNC(=O)C1. The maximum atomic E-state index is 11.5. The number of aryl methyl sites for hydroxylation is 1. The third kappa shape index (κ3) is 3.07. The van der Waals surface area contributed by atoms with Crippen molar-refractivity contribution < 1.29 is 9.53 Å². The Kier molecular flexibility index (Phi) is 3.87. The third-order valence-electron chi connectivity index (χ3n) is 4.71. The number of pyridine rings is 1. The first kappa shape index (κ1) is 15.6. The largest absolute Gasteiger partial charge is 0.490 e. The number of nitrogens with zero attached hydrogens (tertiary/aromatic N) is 3. The summed E-state index contributed by atoms with van der Waals surface area (Å²) in [7, 11) is 1.90. The van der Waals surface area contributed by atoms with Crippen molar-refractivity contribution in [1.82, 2.24) is 20.1 Å². The van der Waals surface area contributed by atoms with Crippen molar-refractivity contribution in [3.8, 4) is 16.9 Å². The van der Waals surface area contributed by atoms with Crippen molar-refractivity contribution in [1.29, 1.82) is 0 Å². The Morgan fingerprint density at radius 2 is 2.24 bits per heavy atom. The van der Waals surface area contributed by atoms with Crippen LogP contribution in [-0.4, -0.2) is 33.3 Å². The summed E-state index contributed by atoms with van der Waals surface area (Å²) in [5.74, 6) is 1.06. The average molecular weight is 336 g/mol. The van der Waals surface area contributed by atoms with Crippen molar-refractivity contribution in [2.24, 2.45) is 13.0 Å². The standard InChI is InChI=1S/C19H20N4O2/c1-12(14-8-19(24)21-9-14)25-18-7-13(15-10-22-23(2)11-15)6-17-16(18)4-3-5-20-17/h3-7,10-12,14H,8-9H2,1-2H3,(H,21,24)/t12-,14+/m1/s1. The molecular weight excluding hydrogens is 316 g/mol. The van der Waals surface area contributed by atoms with Crippen LogP contribution in [0, 0.1) is 5.92 Å². The average Bonchev–Trinajstić information content (AvgIpc) is 3.23. The number of nitrogens with one attached hydrogen (secondary N) is 1. The quantitative estimate of drug-likeness (QED) is 0.795. The van der Waals surface area contributed by atoms with Crippen LogP contribution in [0.25, 0.3) is 22.0 Å².